The van der Waals surface area contributed by atoms with Gasteiger partial charge in [0.15, 0.2) is 0 Å². The average molecular weight is 472 g/mol. The Bertz CT molecular complexity index is 1270. The molecule has 30 heavy (non-hydrogen) atoms. The SMILES string of the molecule is FC(F)(F)[C@@]1(c2ccccc2)OC(c2ccc(Br)cc2)=Nc2nc3ccccc3n21. The third-order valence-corrected chi connectivity index (χ3v) is 5.47. The number of imidazole rings is 1. The van der Waals surface area contributed by atoms with Gasteiger partial charge in [-0.05, 0) is 36.4 Å². The molecular weight excluding hydrogens is 459 g/mol. The van der Waals surface area contributed by atoms with E-state index in [9.17, 15) is 13.2 Å². The quantitative estimate of drug-likeness (QED) is 0.350. The molecule has 1 aliphatic heterocycles. The highest BCUT2D eigenvalue weighted by molar-refractivity contribution is 9.10. The van der Waals surface area contributed by atoms with Gasteiger partial charge >= 0.3 is 11.9 Å². The summed E-state index contributed by atoms with van der Waals surface area (Å²) in [5, 5.41) is 0. The molecular formula is C22H13BrF3N3O. The molecule has 1 aromatic heterocycles. The van der Waals surface area contributed by atoms with E-state index in [0.29, 0.717) is 11.1 Å². The predicted octanol–water partition coefficient (Wildman–Crippen LogP) is 6.17. The Balaban J connectivity index is 1.87. The largest absolute Gasteiger partial charge is 0.454 e. The molecule has 8 heteroatoms. The Labute approximate surface area is 177 Å². The molecule has 3 aromatic carbocycles. The molecule has 0 radical (unpaired) electrons. The second kappa shape index (κ2) is 6.70. The zero-order valence-corrected chi connectivity index (χ0v) is 16.9. The van der Waals surface area contributed by atoms with Gasteiger partial charge in [0.25, 0.3) is 0 Å². The molecule has 4 aromatic rings. The minimum Gasteiger partial charge on any atom is -0.436 e. The van der Waals surface area contributed by atoms with Crippen LogP contribution in [0.1, 0.15) is 11.1 Å². The molecule has 0 aliphatic carbocycles. The summed E-state index contributed by atoms with van der Waals surface area (Å²) in [7, 11) is 0. The molecule has 0 N–H and O–H groups in total. The topological polar surface area (TPSA) is 39.4 Å². The minimum absolute atomic E-state index is 0.0635. The summed E-state index contributed by atoms with van der Waals surface area (Å²) < 4.78 is 52.2. The summed E-state index contributed by atoms with van der Waals surface area (Å²) in [4.78, 5) is 8.71. The van der Waals surface area contributed by atoms with Gasteiger partial charge in [0.1, 0.15) is 0 Å². The van der Waals surface area contributed by atoms with Crippen LogP contribution < -0.4 is 0 Å². The summed E-state index contributed by atoms with van der Waals surface area (Å²) in [6.07, 6.45) is -4.80. The Morgan fingerprint density at radius 1 is 0.867 bits per heavy atom. The van der Waals surface area contributed by atoms with Crippen LogP contribution in [0.25, 0.3) is 11.0 Å². The van der Waals surface area contributed by atoms with Crippen LogP contribution in [0.4, 0.5) is 19.1 Å². The van der Waals surface area contributed by atoms with Gasteiger partial charge in [-0.3, -0.25) is 4.57 Å². The zero-order valence-electron chi connectivity index (χ0n) is 15.3. The van der Waals surface area contributed by atoms with E-state index < -0.39 is 11.9 Å². The summed E-state index contributed by atoms with van der Waals surface area (Å²) in [5.74, 6) is -0.215. The van der Waals surface area contributed by atoms with Crippen molar-refractivity contribution in [3.05, 3.63) is 94.5 Å². The van der Waals surface area contributed by atoms with E-state index in [1.165, 1.54) is 12.1 Å². The molecule has 0 bridgehead atoms. The standard InChI is InChI=1S/C22H13BrF3N3O/c23-16-12-10-14(11-13-16)19-28-20-27-17-8-4-5-9-18(17)29(20)21(30-19,22(24,25)26)15-6-2-1-3-7-15/h1-13H/t21-/m1/s1. The van der Waals surface area contributed by atoms with Crippen LogP contribution in [0.5, 0.6) is 0 Å². The zero-order chi connectivity index (χ0) is 20.9. The van der Waals surface area contributed by atoms with Gasteiger partial charge in [-0.1, -0.05) is 58.4 Å². The number of halogens is 4. The van der Waals surface area contributed by atoms with E-state index in [-0.39, 0.29) is 22.9 Å². The average Bonchev–Trinajstić information content (AvgIpc) is 3.12. The van der Waals surface area contributed by atoms with E-state index in [0.717, 1.165) is 9.04 Å². The van der Waals surface area contributed by atoms with Crippen molar-refractivity contribution in [2.24, 2.45) is 4.99 Å². The third kappa shape index (κ3) is 2.74. The number of nitrogens with zero attached hydrogens (tertiary/aromatic N) is 3. The molecule has 4 nitrogen and oxygen atoms in total. The van der Waals surface area contributed by atoms with E-state index in [4.69, 9.17) is 4.74 Å². The van der Waals surface area contributed by atoms with Gasteiger partial charge in [-0.2, -0.15) is 18.2 Å². The number of aliphatic imine (C=N–C) groups is 1. The van der Waals surface area contributed by atoms with Crippen molar-refractivity contribution in [3.63, 3.8) is 0 Å². The van der Waals surface area contributed by atoms with Crippen molar-refractivity contribution in [2.45, 2.75) is 11.9 Å². The number of para-hydroxylation sites is 2. The fraction of sp³-hybridized carbons (Fsp3) is 0.0909. The lowest BCUT2D eigenvalue weighted by Crippen LogP contribution is -2.53. The van der Waals surface area contributed by atoms with E-state index in [2.05, 4.69) is 25.9 Å². The van der Waals surface area contributed by atoms with Crippen LogP contribution in [0, 0.1) is 0 Å². The van der Waals surface area contributed by atoms with Crippen LogP contribution in [0.2, 0.25) is 0 Å². The lowest BCUT2D eigenvalue weighted by Gasteiger charge is -2.40. The fourth-order valence-electron chi connectivity index (χ4n) is 3.61. The van der Waals surface area contributed by atoms with Crippen molar-refractivity contribution in [1.82, 2.24) is 9.55 Å². The highest BCUT2D eigenvalue weighted by Crippen LogP contribution is 2.49. The molecule has 5 rings (SSSR count). The molecule has 0 fully saturated rings. The predicted molar refractivity (Wildman–Crippen MR) is 111 cm³/mol. The number of alkyl halides is 3. The maximum Gasteiger partial charge on any atom is 0.454 e. The highest BCUT2D eigenvalue weighted by atomic mass is 79.9. The van der Waals surface area contributed by atoms with Crippen molar-refractivity contribution in [1.29, 1.82) is 0 Å². The Hall–Kier alpha value is -3.13. The van der Waals surface area contributed by atoms with Gasteiger partial charge < -0.3 is 4.74 Å². The molecule has 0 spiro atoms. The second-order valence-electron chi connectivity index (χ2n) is 6.77. The summed E-state index contributed by atoms with van der Waals surface area (Å²) in [6, 6.07) is 20.9. The van der Waals surface area contributed by atoms with Crippen LogP contribution in [-0.4, -0.2) is 21.6 Å². The number of fused-ring (bicyclic) bond motifs is 3. The monoisotopic (exact) mass is 471 g/mol. The van der Waals surface area contributed by atoms with E-state index in [1.807, 2.05) is 0 Å². The van der Waals surface area contributed by atoms with Crippen LogP contribution in [-0.2, 0) is 10.5 Å². The van der Waals surface area contributed by atoms with Gasteiger partial charge in [0.05, 0.1) is 11.0 Å². The number of hydrogen-bond donors (Lipinski definition) is 0. The fourth-order valence-corrected chi connectivity index (χ4v) is 3.88. The second-order valence-corrected chi connectivity index (χ2v) is 7.69. The van der Waals surface area contributed by atoms with Crippen LogP contribution in [0.15, 0.2) is 88.3 Å². The summed E-state index contributed by atoms with van der Waals surface area (Å²) >= 11 is 3.33. The van der Waals surface area contributed by atoms with Crippen LogP contribution in [0.3, 0.4) is 0 Å². The maximum absolute atomic E-state index is 14.9. The molecule has 0 amide bonds. The Morgan fingerprint density at radius 2 is 1.53 bits per heavy atom. The Morgan fingerprint density at radius 3 is 2.23 bits per heavy atom. The molecule has 150 valence electrons. The Kier molecular flexibility index (Phi) is 4.21. The van der Waals surface area contributed by atoms with Crippen molar-refractivity contribution in [2.75, 3.05) is 0 Å². The van der Waals surface area contributed by atoms with Gasteiger partial charge in [0.2, 0.25) is 11.8 Å². The number of ether oxygens (including phenoxy) is 1. The lowest BCUT2D eigenvalue weighted by atomic mass is 10.00. The first-order valence-electron chi connectivity index (χ1n) is 9.04. The molecule has 2 heterocycles. The molecule has 1 atom stereocenters. The molecule has 1 aliphatic rings. The molecule has 0 saturated carbocycles. The lowest BCUT2D eigenvalue weighted by molar-refractivity contribution is -0.271. The number of hydrogen-bond acceptors (Lipinski definition) is 3. The first kappa shape index (κ1) is 18.9. The summed E-state index contributed by atoms with van der Waals surface area (Å²) in [6.45, 7) is 0. The minimum atomic E-state index is -4.80. The number of rotatable bonds is 2. The van der Waals surface area contributed by atoms with Gasteiger partial charge in [0, 0.05) is 15.6 Å². The summed E-state index contributed by atoms with van der Waals surface area (Å²) in [5.41, 5.74) is -1.77. The normalized spacial score (nSPS) is 18.6. The first-order valence-corrected chi connectivity index (χ1v) is 9.83. The molecule has 0 unspecified atom stereocenters. The number of benzene rings is 3. The highest BCUT2D eigenvalue weighted by Gasteiger charge is 2.63. The van der Waals surface area contributed by atoms with Gasteiger partial charge in [-0.15, -0.1) is 0 Å². The van der Waals surface area contributed by atoms with Crippen molar-refractivity contribution < 1.29 is 17.9 Å². The van der Waals surface area contributed by atoms with Crippen molar-refractivity contribution >= 4 is 38.8 Å². The van der Waals surface area contributed by atoms with E-state index in [1.54, 1.807) is 66.7 Å². The van der Waals surface area contributed by atoms with E-state index >= 15 is 0 Å². The molecule has 0 saturated heterocycles. The van der Waals surface area contributed by atoms with Gasteiger partial charge in [-0.25, -0.2) is 4.98 Å². The third-order valence-electron chi connectivity index (χ3n) is 4.94. The van der Waals surface area contributed by atoms with Crippen LogP contribution >= 0.6 is 15.9 Å². The smallest absolute Gasteiger partial charge is 0.436 e. The maximum atomic E-state index is 14.9. The number of aromatic nitrogens is 2. The first-order chi connectivity index (χ1) is 14.4. The van der Waals surface area contributed by atoms with Crippen molar-refractivity contribution in [3.8, 4) is 0 Å².